The van der Waals surface area contributed by atoms with E-state index in [-0.39, 0.29) is 11.8 Å². The number of anilines is 3. The molecule has 0 radical (unpaired) electrons. The van der Waals surface area contributed by atoms with E-state index in [4.69, 9.17) is 4.74 Å². The van der Waals surface area contributed by atoms with Crippen molar-refractivity contribution in [1.29, 1.82) is 0 Å². The zero-order valence-electron chi connectivity index (χ0n) is 20.0. The van der Waals surface area contributed by atoms with Gasteiger partial charge in [0, 0.05) is 55.3 Å². The molecule has 2 aliphatic rings. The minimum atomic E-state index is -0.463. The van der Waals surface area contributed by atoms with E-state index in [0.717, 1.165) is 41.1 Å². The minimum absolute atomic E-state index is 0.111. The number of H-pyrrole nitrogens is 1. The summed E-state index contributed by atoms with van der Waals surface area (Å²) in [4.78, 5) is 27.2. The van der Waals surface area contributed by atoms with Crippen LogP contribution in [-0.2, 0) is 11.2 Å². The monoisotopic (exact) mass is 486 g/mol. The van der Waals surface area contributed by atoms with Crippen molar-refractivity contribution in [1.82, 2.24) is 15.0 Å². The van der Waals surface area contributed by atoms with Crippen molar-refractivity contribution in [2.45, 2.75) is 26.2 Å². The molecule has 1 fully saturated rings. The molecule has 2 aliphatic heterocycles. The Morgan fingerprint density at radius 3 is 2.86 bits per heavy atom. The number of hydrogen-bond donors (Lipinski definition) is 3. The molecular weight excluding hydrogens is 459 g/mol. The van der Waals surface area contributed by atoms with Gasteiger partial charge in [0.05, 0.1) is 5.39 Å². The van der Waals surface area contributed by atoms with Crippen LogP contribution in [0, 0.1) is 18.7 Å². The molecule has 0 saturated carbocycles. The number of amides is 1. The first kappa shape index (κ1) is 22.3. The second-order valence-electron chi connectivity index (χ2n) is 9.42. The SMILES string of the molecule is Cc1c[nH]c2ncnc(N3CCC(C(=O)Nc4cc(F)cc(Oc5ccc6c(c5)CCN6)c4)CC3)c12. The van der Waals surface area contributed by atoms with Crippen LogP contribution in [0.4, 0.5) is 21.6 Å². The third-order valence-electron chi connectivity index (χ3n) is 6.97. The van der Waals surface area contributed by atoms with Gasteiger partial charge in [-0.2, -0.15) is 0 Å². The molecule has 0 unspecified atom stereocenters. The quantitative estimate of drug-likeness (QED) is 0.367. The average molecular weight is 487 g/mol. The molecule has 2 aromatic carbocycles. The molecule has 8 nitrogen and oxygen atoms in total. The van der Waals surface area contributed by atoms with E-state index in [1.807, 2.05) is 31.3 Å². The van der Waals surface area contributed by atoms with Crippen molar-refractivity contribution in [3.8, 4) is 11.5 Å². The molecule has 184 valence electrons. The maximum atomic E-state index is 14.4. The molecule has 4 aromatic rings. The van der Waals surface area contributed by atoms with E-state index >= 15 is 0 Å². The highest BCUT2D eigenvalue weighted by molar-refractivity contribution is 5.93. The lowest BCUT2D eigenvalue weighted by Gasteiger charge is -2.32. The van der Waals surface area contributed by atoms with Gasteiger partial charge in [0.2, 0.25) is 5.91 Å². The topological polar surface area (TPSA) is 95.2 Å². The van der Waals surface area contributed by atoms with Crippen molar-refractivity contribution in [3.05, 3.63) is 65.9 Å². The van der Waals surface area contributed by atoms with Crippen LogP contribution in [0.1, 0.15) is 24.0 Å². The van der Waals surface area contributed by atoms with E-state index in [1.165, 1.54) is 17.7 Å². The fraction of sp³-hybridized carbons (Fsp3) is 0.296. The van der Waals surface area contributed by atoms with Crippen molar-refractivity contribution < 1.29 is 13.9 Å². The van der Waals surface area contributed by atoms with Crippen molar-refractivity contribution >= 4 is 34.1 Å². The van der Waals surface area contributed by atoms with Crippen LogP contribution in [0.3, 0.4) is 0 Å². The number of aromatic amines is 1. The van der Waals surface area contributed by atoms with Crippen molar-refractivity contribution in [3.63, 3.8) is 0 Å². The Hall–Kier alpha value is -4.14. The summed E-state index contributed by atoms with van der Waals surface area (Å²) in [5, 5.41) is 7.22. The van der Waals surface area contributed by atoms with Crippen LogP contribution < -0.4 is 20.3 Å². The standard InChI is InChI=1S/C27H27FN6O2/c1-16-14-30-25-24(16)26(32-15-31-25)34-8-5-17(6-9-34)27(35)33-20-11-19(28)12-22(13-20)36-21-2-3-23-18(10-21)4-7-29-23/h2-3,10-15,17,29H,4-9H2,1H3,(H,33,35)(H,30,31,32). The number of ether oxygens (including phenoxy) is 1. The molecule has 4 heterocycles. The van der Waals surface area contributed by atoms with E-state index in [1.54, 1.807) is 12.4 Å². The first-order valence-electron chi connectivity index (χ1n) is 12.2. The Morgan fingerprint density at radius 1 is 1.14 bits per heavy atom. The van der Waals surface area contributed by atoms with Crippen LogP contribution >= 0.6 is 0 Å². The van der Waals surface area contributed by atoms with Gasteiger partial charge in [0.15, 0.2) is 0 Å². The molecule has 2 aromatic heterocycles. The number of nitrogens with one attached hydrogen (secondary N) is 3. The van der Waals surface area contributed by atoms with Gasteiger partial charge >= 0.3 is 0 Å². The predicted octanol–water partition coefficient (Wildman–Crippen LogP) is 5.02. The van der Waals surface area contributed by atoms with Gasteiger partial charge in [-0.3, -0.25) is 4.79 Å². The number of halogens is 1. The van der Waals surface area contributed by atoms with Gasteiger partial charge in [-0.15, -0.1) is 0 Å². The van der Waals surface area contributed by atoms with Crippen LogP contribution in [0.5, 0.6) is 11.5 Å². The molecule has 6 rings (SSSR count). The number of fused-ring (bicyclic) bond motifs is 2. The Balaban J connectivity index is 1.11. The second-order valence-corrected chi connectivity index (χ2v) is 9.42. The molecule has 3 N–H and O–H groups in total. The Labute approximate surface area is 207 Å². The number of aromatic nitrogens is 3. The zero-order chi connectivity index (χ0) is 24.6. The molecule has 0 spiro atoms. The maximum Gasteiger partial charge on any atom is 0.227 e. The van der Waals surface area contributed by atoms with Gasteiger partial charge in [-0.25, -0.2) is 14.4 Å². The van der Waals surface area contributed by atoms with Crippen LogP contribution in [0.25, 0.3) is 11.0 Å². The zero-order valence-corrected chi connectivity index (χ0v) is 20.0. The molecule has 1 amide bonds. The van der Waals surface area contributed by atoms with E-state index in [2.05, 4.69) is 30.5 Å². The van der Waals surface area contributed by atoms with Gasteiger partial charge < -0.3 is 25.3 Å². The fourth-order valence-electron chi connectivity index (χ4n) is 5.11. The Kier molecular flexibility index (Phi) is 5.67. The molecular formula is C27H27FN6O2. The normalized spacial score (nSPS) is 15.6. The van der Waals surface area contributed by atoms with Gasteiger partial charge in [0.1, 0.15) is 35.1 Å². The summed E-state index contributed by atoms with van der Waals surface area (Å²) in [7, 11) is 0. The Morgan fingerprint density at radius 2 is 2.00 bits per heavy atom. The van der Waals surface area contributed by atoms with Gasteiger partial charge in [0.25, 0.3) is 0 Å². The number of aryl methyl sites for hydroxylation is 1. The molecule has 1 saturated heterocycles. The largest absolute Gasteiger partial charge is 0.457 e. The number of piperidine rings is 1. The number of carbonyl (C=O) groups is 1. The number of hydrogen-bond acceptors (Lipinski definition) is 6. The number of carbonyl (C=O) groups excluding carboxylic acids is 1. The summed E-state index contributed by atoms with van der Waals surface area (Å²) < 4.78 is 20.3. The average Bonchev–Trinajstić information content (AvgIpc) is 3.50. The number of rotatable bonds is 5. The summed E-state index contributed by atoms with van der Waals surface area (Å²) in [5.41, 5.74) is 4.59. The minimum Gasteiger partial charge on any atom is -0.457 e. The van der Waals surface area contributed by atoms with Crippen LogP contribution in [0.2, 0.25) is 0 Å². The smallest absolute Gasteiger partial charge is 0.227 e. The van der Waals surface area contributed by atoms with Crippen molar-refractivity contribution in [2.75, 3.05) is 35.2 Å². The number of nitrogens with zero attached hydrogens (tertiary/aromatic N) is 3. The first-order chi connectivity index (χ1) is 17.5. The molecule has 0 aliphatic carbocycles. The van der Waals surface area contributed by atoms with Crippen LogP contribution in [-0.4, -0.2) is 40.5 Å². The number of benzene rings is 2. The molecule has 0 atom stereocenters. The van der Waals surface area contributed by atoms with Gasteiger partial charge in [-0.1, -0.05) is 0 Å². The first-order valence-corrected chi connectivity index (χ1v) is 12.2. The molecule has 9 heteroatoms. The highest BCUT2D eigenvalue weighted by atomic mass is 19.1. The summed E-state index contributed by atoms with van der Waals surface area (Å²) in [6.45, 7) is 4.35. The van der Waals surface area contributed by atoms with E-state index in [0.29, 0.717) is 43.1 Å². The lowest BCUT2D eigenvalue weighted by atomic mass is 9.95. The van der Waals surface area contributed by atoms with Crippen molar-refractivity contribution in [2.24, 2.45) is 5.92 Å². The lowest BCUT2D eigenvalue weighted by Crippen LogP contribution is -2.38. The third kappa shape index (κ3) is 4.32. The van der Waals surface area contributed by atoms with E-state index < -0.39 is 5.82 Å². The second kappa shape index (κ2) is 9.14. The maximum absolute atomic E-state index is 14.4. The summed E-state index contributed by atoms with van der Waals surface area (Å²) in [6, 6.07) is 10.1. The van der Waals surface area contributed by atoms with E-state index in [9.17, 15) is 9.18 Å². The Bertz CT molecular complexity index is 1440. The highest BCUT2D eigenvalue weighted by Crippen LogP contribution is 2.32. The molecule has 36 heavy (non-hydrogen) atoms. The molecule has 0 bridgehead atoms. The van der Waals surface area contributed by atoms with Crippen LogP contribution in [0.15, 0.2) is 48.9 Å². The van der Waals surface area contributed by atoms with Gasteiger partial charge in [-0.05, 0) is 61.6 Å². The third-order valence-corrected chi connectivity index (χ3v) is 6.97. The summed E-state index contributed by atoms with van der Waals surface area (Å²) >= 11 is 0. The summed E-state index contributed by atoms with van der Waals surface area (Å²) in [6.07, 6.45) is 5.80. The summed E-state index contributed by atoms with van der Waals surface area (Å²) in [5.74, 6) is 1.15. The fourth-order valence-corrected chi connectivity index (χ4v) is 5.11. The lowest BCUT2D eigenvalue weighted by molar-refractivity contribution is -0.120. The highest BCUT2D eigenvalue weighted by Gasteiger charge is 2.27. The predicted molar refractivity (Wildman–Crippen MR) is 137 cm³/mol.